The highest BCUT2D eigenvalue weighted by atomic mass is 79.9. The number of rotatable bonds is 1. The summed E-state index contributed by atoms with van der Waals surface area (Å²) in [6.45, 7) is 0. The molecule has 0 spiro atoms. The van der Waals surface area contributed by atoms with Crippen molar-refractivity contribution < 1.29 is 9.53 Å². The van der Waals surface area contributed by atoms with Gasteiger partial charge in [-0.25, -0.2) is 0 Å². The van der Waals surface area contributed by atoms with Gasteiger partial charge in [-0.05, 0) is 18.2 Å². The minimum atomic E-state index is -0.197. The molecular weight excluding hydrogens is 302 g/mol. The first-order valence-corrected chi connectivity index (χ1v) is 6.79. The molecule has 0 aliphatic carbocycles. The third-order valence-corrected chi connectivity index (χ3v) is 4.01. The zero-order chi connectivity index (χ0) is 11.8. The van der Waals surface area contributed by atoms with Crippen molar-refractivity contribution in [2.24, 2.45) is 0 Å². The van der Waals surface area contributed by atoms with E-state index in [-0.39, 0.29) is 11.9 Å². The van der Waals surface area contributed by atoms with Crippen molar-refractivity contribution in [1.82, 2.24) is 4.98 Å². The highest BCUT2D eigenvalue weighted by molar-refractivity contribution is 9.10. The molecule has 0 saturated carbocycles. The van der Waals surface area contributed by atoms with E-state index in [0.29, 0.717) is 17.7 Å². The molecule has 0 radical (unpaired) electrons. The SMILES string of the molecule is O=C1CC(c2cncs2)Oc2cc(Br)ccc21. The van der Waals surface area contributed by atoms with E-state index < -0.39 is 0 Å². The summed E-state index contributed by atoms with van der Waals surface area (Å²) >= 11 is 4.89. The molecule has 1 atom stereocenters. The van der Waals surface area contributed by atoms with Gasteiger partial charge in [0.2, 0.25) is 0 Å². The van der Waals surface area contributed by atoms with Crippen LogP contribution in [-0.4, -0.2) is 10.8 Å². The Hall–Kier alpha value is -1.20. The van der Waals surface area contributed by atoms with Gasteiger partial charge in [0.05, 0.1) is 22.4 Å². The Morgan fingerprint density at radius 2 is 2.35 bits per heavy atom. The Morgan fingerprint density at radius 3 is 3.12 bits per heavy atom. The smallest absolute Gasteiger partial charge is 0.170 e. The second-order valence-corrected chi connectivity index (χ2v) is 5.61. The molecule has 0 N–H and O–H groups in total. The van der Waals surface area contributed by atoms with E-state index in [2.05, 4.69) is 20.9 Å². The van der Waals surface area contributed by atoms with E-state index >= 15 is 0 Å². The van der Waals surface area contributed by atoms with Crippen LogP contribution in [0.4, 0.5) is 0 Å². The van der Waals surface area contributed by atoms with E-state index in [9.17, 15) is 4.79 Å². The summed E-state index contributed by atoms with van der Waals surface area (Å²) in [5, 5.41) is 0. The highest BCUT2D eigenvalue weighted by Crippen LogP contribution is 2.37. The van der Waals surface area contributed by atoms with Gasteiger partial charge in [-0.1, -0.05) is 15.9 Å². The Kier molecular flexibility index (Phi) is 2.72. The predicted molar refractivity (Wildman–Crippen MR) is 68.6 cm³/mol. The Balaban J connectivity index is 2.00. The average Bonchev–Trinajstić information content (AvgIpc) is 2.81. The molecule has 1 aliphatic rings. The number of carbonyl (C=O) groups is 1. The second-order valence-electron chi connectivity index (χ2n) is 3.78. The van der Waals surface area contributed by atoms with Crippen molar-refractivity contribution in [2.75, 3.05) is 0 Å². The standard InChI is InChI=1S/C12H8BrNO2S/c13-7-1-2-8-9(15)4-11(16-10(8)3-7)12-5-14-6-17-12/h1-3,5-6,11H,4H2. The lowest BCUT2D eigenvalue weighted by atomic mass is 10.0. The van der Waals surface area contributed by atoms with Gasteiger partial charge in [-0.3, -0.25) is 9.78 Å². The lowest BCUT2D eigenvalue weighted by Gasteiger charge is -2.24. The maximum absolute atomic E-state index is 12.0. The molecule has 2 aromatic rings. The van der Waals surface area contributed by atoms with E-state index in [1.165, 1.54) is 11.3 Å². The first-order valence-electron chi connectivity index (χ1n) is 5.12. The first kappa shape index (κ1) is 10.9. The summed E-state index contributed by atoms with van der Waals surface area (Å²) in [5.74, 6) is 0.770. The molecule has 5 heteroatoms. The normalized spacial score (nSPS) is 18.6. The summed E-state index contributed by atoms with van der Waals surface area (Å²) in [6, 6.07) is 5.48. The van der Waals surface area contributed by atoms with Crippen LogP contribution in [-0.2, 0) is 0 Å². The zero-order valence-corrected chi connectivity index (χ0v) is 11.1. The number of aromatic nitrogens is 1. The molecule has 1 aromatic heterocycles. The van der Waals surface area contributed by atoms with Crippen molar-refractivity contribution >= 4 is 33.0 Å². The minimum Gasteiger partial charge on any atom is -0.484 e. The number of ketones is 1. The number of Topliss-reactive ketones (excluding diaryl/α,β-unsaturated/α-hetero) is 1. The summed E-state index contributed by atoms with van der Waals surface area (Å²) in [5.41, 5.74) is 2.41. The Bertz CT molecular complexity index is 568. The zero-order valence-electron chi connectivity index (χ0n) is 8.72. The lowest BCUT2D eigenvalue weighted by molar-refractivity contribution is 0.0854. The minimum absolute atomic E-state index is 0.122. The molecule has 0 amide bonds. The number of hydrogen-bond donors (Lipinski definition) is 0. The van der Waals surface area contributed by atoms with Gasteiger partial charge in [0.15, 0.2) is 5.78 Å². The van der Waals surface area contributed by atoms with Crippen LogP contribution >= 0.6 is 27.3 Å². The van der Waals surface area contributed by atoms with Crippen LogP contribution in [0.15, 0.2) is 34.4 Å². The molecule has 3 nitrogen and oxygen atoms in total. The molecule has 0 fully saturated rings. The molecule has 3 rings (SSSR count). The van der Waals surface area contributed by atoms with Gasteiger partial charge in [0, 0.05) is 10.7 Å². The van der Waals surface area contributed by atoms with Gasteiger partial charge < -0.3 is 4.74 Å². The first-order chi connectivity index (χ1) is 8.24. The van der Waals surface area contributed by atoms with Crippen molar-refractivity contribution in [1.29, 1.82) is 0 Å². The molecule has 0 saturated heterocycles. The summed E-state index contributed by atoms with van der Waals surface area (Å²) in [4.78, 5) is 17.0. The van der Waals surface area contributed by atoms with E-state index in [1.54, 1.807) is 17.8 Å². The number of thiazole rings is 1. The van der Waals surface area contributed by atoms with Crippen LogP contribution in [0, 0.1) is 0 Å². The van der Waals surface area contributed by atoms with Crippen LogP contribution in [0.1, 0.15) is 27.8 Å². The van der Waals surface area contributed by atoms with Crippen LogP contribution in [0.3, 0.4) is 0 Å². The number of benzene rings is 1. The number of nitrogens with zero attached hydrogens (tertiary/aromatic N) is 1. The van der Waals surface area contributed by atoms with Gasteiger partial charge in [-0.15, -0.1) is 11.3 Å². The van der Waals surface area contributed by atoms with Crippen molar-refractivity contribution in [3.05, 3.63) is 44.8 Å². The van der Waals surface area contributed by atoms with E-state index in [4.69, 9.17) is 4.74 Å². The van der Waals surface area contributed by atoms with Crippen molar-refractivity contribution in [2.45, 2.75) is 12.5 Å². The van der Waals surface area contributed by atoms with E-state index in [0.717, 1.165) is 9.35 Å². The molecule has 17 heavy (non-hydrogen) atoms. The van der Waals surface area contributed by atoms with Crippen LogP contribution in [0.2, 0.25) is 0 Å². The van der Waals surface area contributed by atoms with Gasteiger partial charge in [0.25, 0.3) is 0 Å². The van der Waals surface area contributed by atoms with Crippen LogP contribution in [0.5, 0.6) is 5.75 Å². The quantitative estimate of drug-likeness (QED) is 0.807. The topological polar surface area (TPSA) is 39.2 Å². The fourth-order valence-electron chi connectivity index (χ4n) is 1.84. The van der Waals surface area contributed by atoms with Crippen molar-refractivity contribution in [3.63, 3.8) is 0 Å². The fourth-order valence-corrected chi connectivity index (χ4v) is 2.83. The van der Waals surface area contributed by atoms with Crippen LogP contribution in [0.25, 0.3) is 0 Å². The maximum atomic E-state index is 12.0. The Morgan fingerprint density at radius 1 is 1.47 bits per heavy atom. The fraction of sp³-hybridized carbons (Fsp3) is 0.167. The highest BCUT2D eigenvalue weighted by Gasteiger charge is 2.28. The molecule has 1 unspecified atom stereocenters. The Labute approximate surface area is 111 Å². The summed E-state index contributed by atoms with van der Waals surface area (Å²) < 4.78 is 6.76. The number of fused-ring (bicyclic) bond motifs is 1. The average molecular weight is 310 g/mol. The predicted octanol–water partition coefficient (Wildman–Crippen LogP) is 3.61. The third-order valence-electron chi connectivity index (χ3n) is 2.65. The largest absolute Gasteiger partial charge is 0.484 e. The molecule has 86 valence electrons. The summed E-state index contributed by atoms with van der Waals surface area (Å²) in [7, 11) is 0. The van der Waals surface area contributed by atoms with E-state index in [1.807, 2.05) is 12.1 Å². The molecule has 1 aliphatic heterocycles. The number of ether oxygens (including phenoxy) is 1. The van der Waals surface area contributed by atoms with Crippen LogP contribution < -0.4 is 4.74 Å². The maximum Gasteiger partial charge on any atom is 0.170 e. The third kappa shape index (κ3) is 2.00. The number of hydrogen-bond acceptors (Lipinski definition) is 4. The van der Waals surface area contributed by atoms with Gasteiger partial charge >= 0.3 is 0 Å². The lowest BCUT2D eigenvalue weighted by Crippen LogP contribution is -2.19. The second kappa shape index (κ2) is 4.23. The summed E-state index contributed by atoms with van der Waals surface area (Å²) in [6.07, 6.45) is 1.94. The number of halogens is 1. The van der Waals surface area contributed by atoms with Gasteiger partial charge in [0.1, 0.15) is 11.9 Å². The molecule has 0 bridgehead atoms. The molecule has 2 heterocycles. The molecular formula is C12H8BrNO2S. The monoisotopic (exact) mass is 309 g/mol. The number of carbonyl (C=O) groups excluding carboxylic acids is 1. The van der Waals surface area contributed by atoms with Crippen molar-refractivity contribution in [3.8, 4) is 5.75 Å². The molecule has 1 aromatic carbocycles. The van der Waals surface area contributed by atoms with Gasteiger partial charge in [-0.2, -0.15) is 0 Å².